The van der Waals surface area contributed by atoms with Crippen LogP contribution < -0.4 is 5.32 Å². The van der Waals surface area contributed by atoms with E-state index in [-0.39, 0.29) is 24.3 Å². The maximum atomic E-state index is 12.5. The first-order valence-electron chi connectivity index (χ1n) is 11.2. The minimum absolute atomic E-state index is 0.0798. The van der Waals surface area contributed by atoms with Crippen molar-refractivity contribution in [2.24, 2.45) is 5.92 Å². The van der Waals surface area contributed by atoms with Crippen LogP contribution in [0.3, 0.4) is 0 Å². The molecule has 1 fully saturated rings. The van der Waals surface area contributed by atoms with Crippen LogP contribution in [-0.4, -0.2) is 72.3 Å². The molecule has 1 aliphatic heterocycles. The van der Waals surface area contributed by atoms with Gasteiger partial charge in [-0.05, 0) is 64.2 Å². The Balaban J connectivity index is 1.61. The molecule has 1 aromatic heterocycles. The number of likely N-dealkylation sites (tertiary alicyclic amines) is 1. The molecule has 1 saturated heterocycles. The highest BCUT2D eigenvalue weighted by molar-refractivity contribution is 7.90. The Hall–Kier alpha value is -2.62. The van der Waals surface area contributed by atoms with E-state index in [9.17, 15) is 18.0 Å². The molecule has 0 spiro atoms. The molecular formula is C23H34N4O5S. The lowest BCUT2D eigenvalue weighted by molar-refractivity contribution is 0.0177. The van der Waals surface area contributed by atoms with Gasteiger partial charge in [-0.1, -0.05) is 0 Å². The Morgan fingerprint density at radius 2 is 1.88 bits per heavy atom. The summed E-state index contributed by atoms with van der Waals surface area (Å²) in [7, 11) is -3.13. The van der Waals surface area contributed by atoms with E-state index in [4.69, 9.17) is 4.74 Å². The summed E-state index contributed by atoms with van der Waals surface area (Å²) in [6.07, 6.45) is 4.60. The van der Waals surface area contributed by atoms with E-state index in [1.165, 1.54) is 0 Å². The van der Waals surface area contributed by atoms with Gasteiger partial charge in [0.05, 0.1) is 11.3 Å². The van der Waals surface area contributed by atoms with Crippen LogP contribution in [0.4, 0.5) is 4.79 Å². The average molecular weight is 479 g/mol. The number of fused-ring (bicyclic) bond motifs is 1. The summed E-state index contributed by atoms with van der Waals surface area (Å²) in [4.78, 5) is 26.5. The lowest BCUT2D eigenvalue weighted by atomic mass is 9.97. The van der Waals surface area contributed by atoms with Gasteiger partial charge in [-0.3, -0.25) is 9.48 Å². The highest BCUT2D eigenvalue weighted by Gasteiger charge is 2.27. The minimum Gasteiger partial charge on any atom is -0.444 e. The quantitative estimate of drug-likeness (QED) is 0.684. The smallest absolute Gasteiger partial charge is 0.410 e. The number of carbonyl (C=O) groups is 2. The first-order chi connectivity index (χ1) is 15.3. The molecule has 0 atom stereocenters. The number of amides is 2. The second kappa shape index (κ2) is 9.70. The van der Waals surface area contributed by atoms with Crippen LogP contribution in [0.2, 0.25) is 0 Å². The van der Waals surface area contributed by atoms with Crippen molar-refractivity contribution in [1.82, 2.24) is 20.0 Å². The van der Waals surface area contributed by atoms with E-state index in [2.05, 4.69) is 10.4 Å². The lowest BCUT2D eigenvalue weighted by Crippen LogP contribution is -2.42. The number of hydrogen-bond donors (Lipinski definition) is 1. The first-order valence-corrected chi connectivity index (χ1v) is 13.3. The van der Waals surface area contributed by atoms with E-state index >= 15 is 0 Å². The van der Waals surface area contributed by atoms with Gasteiger partial charge in [-0.2, -0.15) is 5.10 Å². The van der Waals surface area contributed by atoms with Gasteiger partial charge in [0.25, 0.3) is 5.91 Å². The molecule has 1 aromatic carbocycles. The van der Waals surface area contributed by atoms with Crippen molar-refractivity contribution in [3.63, 3.8) is 0 Å². The van der Waals surface area contributed by atoms with Crippen LogP contribution >= 0.6 is 0 Å². The third kappa shape index (κ3) is 6.93. The van der Waals surface area contributed by atoms with E-state index in [1.807, 2.05) is 44.6 Å². The number of nitrogens with one attached hydrogen (secondary N) is 1. The molecule has 0 saturated carbocycles. The second-order valence-electron chi connectivity index (χ2n) is 9.82. The summed E-state index contributed by atoms with van der Waals surface area (Å²) in [5.41, 5.74) is 1.65. The Morgan fingerprint density at radius 3 is 2.48 bits per heavy atom. The monoisotopic (exact) mass is 478 g/mol. The van der Waals surface area contributed by atoms with Crippen LogP contribution in [0, 0.1) is 12.8 Å². The summed E-state index contributed by atoms with van der Waals surface area (Å²) >= 11 is 0. The number of hydrogen-bond acceptors (Lipinski definition) is 6. The zero-order valence-corrected chi connectivity index (χ0v) is 20.9. The van der Waals surface area contributed by atoms with Crippen LogP contribution in [0.1, 0.15) is 49.5 Å². The molecule has 0 radical (unpaired) electrons. The average Bonchev–Trinajstić information content (AvgIpc) is 3.10. The summed E-state index contributed by atoms with van der Waals surface area (Å²) < 4.78 is 29.9. The Labute approximate surface area is 195 Å². The summed E-state index contributed by atoms with van der Waals surface area (Å²) in [6, 6.07) is 3.54. The molecule has 9 nitrogen and oxygen atoms in total. The van der Waals surface area contributed by atoms with E-state index in [0.29, 0.717) is 24.6 Å². The first kappa shape index (κ1) is 25.0. The number of aryl methyl sites for hydroxylation is 1. The van der Waals surface area contributed by atoms with Gasteiger partial charge >= 0.3 is 6.09 Å². The van der Waals surface area contributed by atoms with Crippen LogP contribution in [0.25, 0.3) is 10.9 Å². The van der Waals surface area contributed by atoms with Gasteiger partial charge < -0.3 is 15.0 Å². The van der Waals surface area contributed by atoms with Crippen LogP contribution in [0.5, 0.6) is 0 Å². The number of rotatable bonds is 6. The van der Waals surface area contributed by atoms with Crippen molar-refractivity contribution in [1.29, 1.82) is 0 Å². The number of nitrogens with zero attached hydrogens (tertiary/aromatic N) is 3. The molecule has 2 aromatic rings. The normalized spacial score (nSPS) is 15.6. The van der Waals surface area contributed by atoms with Crippen molar-refractivity contribution < 1.29 is 22.7 Å². The molecule has 0 bridgehead atoms. The van der Waals surface area contributed by atoms with E-state index in [1.54, 1.807) is 11.0 Å². The zero-order chi connectivity index (χ0) is 24.4. The third-order valence-corrected chi connectivity index (χ3v) is 6.67. The molecule has 2 heterocycles. The Kier molecular flexibility index (Phi) is 7.36. The number of carbonyl (C=O) groups excluding carboxylic acids is 2. The molecule has 1 N–H and O–H groups in total. The Morgan fingerprint density at radius 1 is 1.21 bits per heavy atom. The van der Waals surface area contributed by atoms with Crippen molar-refractivity contribution in [2.45, 2.75) is 52.7 Å². The molecule has 0 unspecified atom stereocenters. The van der Waals surface area contributed by atoms with Crippen LogP contribution in [-0.2, 0) is 21.1 Å². The number of aromatic nitrogens is 2. The largest absolute Gasteiger partial charge is 0.444 e. The predicted octanol–water partition coefficient (Wildman–Crippen LogP) is 2.77. The number of benzene rings is 1. The SMILES string of the molecule is Cc1c(C(=O)NCCS(C)(=O)=O)ccc2nn(CC3CCN(C(=O)OC(C)(C)C)CC3)cc12. The summed E-state index contributed by atoms with van der Waals surface area (Å²) in [5, 5.41) is 8.24. The summed E-state index contributed by atoms with van der Waals surface area (Å²) in [5.74, 6) is 0.0161. The van der Waals surface area contributed by atoms with Crippen molar-refractivity contribution in [3.8, 4) is 0 Å². The maximum absolute atomic E-state index is 12.5. The van der Waals surface area contributed by atoms with E-state index < -0.39 is 15.4 Å². The second-order valence-corrected chi connectivity index (χ2v) is 12.1. The van der Waals surface area contributed by atoms with Gasteiger partial charge in [0.1, 0.15) is 15.4 Å². The molecule has 182 valence electrons. The van der Waals surface area contributed by atoms with Gasteiger partial charge in [-0.25, -0.2) is 13.2 Å². The lowest BCUT2D eigenvalue weighted by Gasteiger charge is -2.33. The zero-order valence-electron chi connectivity index (χ0n) is 20.1. The number of ether oxygens (including phenoxy) is 1. The fourth-order valence-electron chi connectivity index (χ4n) is 3.95. The van der Waals surface area contributed by atoms with Gasteiger partial charge in [0.2, 0.25) is 0 Å². The molecule has 0 aliphatic carbocycles. The van der Waals surface area contributed by atoms with Crippen LogP contribution in [0.15, 0.2) is 18.3 Å². The number of sulfone groups is 1. The predicted molar refractivity (Wildman–Crippen MR) is 127 cm³/mol. The summed E-state index contributed by atoms with van der Waals surface area (Å²) in [6.45, 7) is 9.63. The number of piperidine rings is 1. The highest BCUT2D eigenvalue weighted by atomic mass is 32.2. The molecular weight excluding hydrogens is 444 g/mol. The Bertz CT molecular complexity index is 1130. The fourth-order valence-corrected chi connectivity index (χ4v) is 4.43. The molecule has 2 amide bonds. The van der Waals surface area contributed by atoms with Crippen molar-refractivity contribution in [3.05, 3.63) is 29.5 Å². The van der Waals surface area contributed by atoms with Crippen molar-refractivity contribution in [2.75, 3.05) is 31.6 Å². The van der Waals surface area contributed by atoms with E-state index in [0.717, 1.165) is 42.1 Å². The van der Waals surface area contributed by atoms with Gasteiger partial charge in [0.15, 0.2) is 0 Å². The maximum Gasteiger partial charge on any atom is 0.410 e. The standard InChI is InChI=1S/C23H34N4O5S/c1-16-18(21(28)24-10-13-33(5,30)31)6-7-20-19(16)15-27(25-20)14-17-8-11-26(12-9-17)22(29)32-23(2,3)4/h6-7,15,17H,8-14H2,1-5H3,(H,24,28). The molecule has 1 aliphatic rings. The molecule has 10 heteroatoms. The van der Waals surface area contributed by atoms with Crippen molar-refractivity contribution >= 4 is 32.7 Å². The minimum atomic E-state index is -3.13. The molecule has 3 rings (SSSR count). The fraction of sp³-hybridized carbons (Fsp3) is 0.609. The highest BCUT2D eigenvalue weighted by Crippen LogP contribution is 2.24. The third-order valence-electron chi connectivity index (χ3n) is 5.72. The van der Waals surface area contributed by atoms with Gasteiger partial charge in [0, 0.05) is 49.6 Å². The topological polar surface area (TPSA) is 111 Å². The van der Waals surface area contributed by atoms with Gasteiger partial charge in [-0.15, -0.1) is 0 Å². The molecule has 33 heavy (non-hydrogen) atoms.